The van der Waals surface area contributed by atoms with Crippen LogP contribution in [0.25, 0.3) is 0 Å². The molecule has 0 saturated heterocycles. The summed E-state index contributed by atoms with van der Waals surface area (Å²) in [6.07, 6.45) is 3.49. The second-order valence-corrected chi connectivity index (χ2v) is 4.67. The number of nitrogen functional groups attached to an aromatic ring is 1. The fourth-order valence-electron chi connectivity index (χ4n) is 1.95. The monoisotopic (exact) mass is 285 g/mol. The molecule has 1 amide bonds. The van der Waals surface area contributed by atoms with Gasteiger partial charge in [0, 0.05) is 24.5 Å². The minimum Gasteiger partial charge on any atom is -0.492 e. The number of nitrogens with one attached hydrogen (secondary N) is 1. The van der Waals surface area contributed by atoms with Crippen molar-refractivity contribution in [2.45, 2.75) is 20.4 Å². The van der Waals surface area contributed by atoms with E-state index in [1.165, 1.54) is 0 Å². The Labute approximate surface area is 124 Å². The van der Waals surface area contributed by atoms with Gasteiger partial charge in [-0.15, -0.1) is 0 Å². The van der Waals surface area contributed by atoms with Crippen molar-refractivity contribution in [3.8, 4) is 5.75 Å². The van der Waals surface area contributed by atoms with Gasteiger partial charge in [-0.2, -0.15) is 0 Å². The molecule has 1 aromatic carbocycles. The SMILES string of the molecule is CCOc1ccc(C(=O)NCc2ccncc2C)cc1N. The lowest BCUT2D eigenvalue weighted by molar-refractivity contribution is 0.0951. The molecule has 21 heavy (non-hydrogen) atoms. The number of ether oxygens (including phenoxy) is 1. The highest BCUT2D eigenvalue weighted by molar-refractivity contribution is 5.95. The number of benzene rings is 1. The van der Waals surface area contributed by atoms with Crippen LogP contribution in [0.4, 0.5) is 5.69 Å². The molecule has 1 heterocycles. The fourth-order valence-corrected chi connectivity index (χ4v) is 1.95. The molecule has 5 heteroatoms. The minimum atomic E-state index is -0.166. The van der Waals surface area contributed by atoms with Crippen LogP contribution in [-0.4, -0.2) is 17.5 Å². The Kier molecular flexibility index (Phi) is 4.77. The Morgan fingerprint density at radius 1 is 1.38 bits per heavy atom. The quantitative estimate of drug-likeness (QED) is 0.826. The summed E-state index contributed by atoms with van der Waals surface area (Å²) in [6.45, 7) is 4.85. The van der Waals surface area contributed by atoms with Crippen LogP contribution in [0, 0.1) is 6.92 Å². The van der Waals surface area contributed by atoms with E-state index in [0.29, 0.717) is 30.2 Å². The van der Waals surface area contributed by atoms with E-state index >= 15 is 0 Å². The number of amides is 1. The topological polar surface area (TPSA) is 77.2 Å². The first-order valence-corrected chi connectivity index (χ1v) is 6.81. The summed E-state index contributed by atoms with van der Waals surface area (Å²) in [5.41, 5.74) is 8.93. The molecule has 5 nitrogen and oxygen atoms in total. The molecule has 0 saturated carbocycles. The number of hydrogen-bond acceptors (Lipinski definition) is 4. The maximum atomic E-state index is 12.1. The molecule has 0 atom stereocenters. The molecular weight excluding hydrogens is 266 g/mol. The zero-order valence-corrected chi connectivity index (χ0v) is 12.2. The van der Waals surface area contributed by atoms with Gasteiger partial charge in [-0.1, -0.05) is 0 Å². The summed E-state index contributed by atoms with van der Waals surface area (Å²) >= 11 is 0. The van der Waals surface area contributed by atoms with E-state index in [0.717, 1.165) is 11.1 Å². The van der Waals surface area contributed by atoms with Crippen molar-refractivity contribution in [3.05, 3.63) is 53.3 Å². The summed E-state index contributed by atoms with van der Waals surface area (Å²) in [5, 5.41) is 2.87. The molecule has 0 fully saturated rings. The van der Waals surface area contributed by atoms with E-state index in [2.05, 4.69) is 10.3 Å². The molecule has 0 aliphatic carbocycles. The Hall–Kier alpha value is -2.56. The van der Waals surface area contributed by atoms with Gasteiger partial charge in [-0.05, 0) is 49.2 Å². The third-order valence-corrected chi connectivity index (χ3v) is 3.15. The van der Waals surface area contributed by atoms with Gasteiger partial charge in [-0.25, -0.2) is 0 Å². The second-order valence-electron chi connectivity index (χ2n) is 4.67. The highest BCUT2D eigenvalue weighted by atomic mass is 16.5. The van der Waals surface area contributed by atoms with Crippen molar-refractivity contribution in [2.24, 2.45) is 0 Å². The van der Waals surface area contributed by atoms with Gasteiger partial charge < -0.3 is 15.8 Å². The lowest BCUT2D eigenvalue weighted by Crippen LogP contribution is -2.23. The van der Waals surface area contributed by atoms with Crippen LogP contribution in [-0.2, 0) is 6.54 Å². The zero-order chi connectivity index (χ0) is 15.2. The van der Waals surface area contributed by atoms with Crippen LogP contribution in [0.15, 0.2) is 36.7 Å². The molecule has 1 aromatic heterocycles. The number of carbonyl (C=O) groups is 1. The first-order chi connectivity index (χ1) is 10.1. The molecule has 0 aliphatic rings. The normalized spacial score (nSPS) is 10.2. The van der Waals surface area contributed by atoms with Crippen molar-refractivity contribution in [2.75, 3.05) is 12.3 Å². The maximum Gasteiger partial charge on any atom is 0.251 e. The van der Waals surface area contributed by atoms with Crippen molar-refractivity contribution in [3.63, 3.8) is 0 Å². The standard InChI is InChI=1S/C16H19N3O2/c1-3-21-15-5-4-12(8-14(15)17)16(20)19-10-13-6-7-18-9-11(13)2/h4-9H,3,10,17H2,1-2H3,(H,19,20). The van der Waals surface area contributed by atoms with E-state index in [1.54, 1.807) is 30.6 Å². The second kappa shape index (κ2) is 6.74. The Bertz CT molecular complexity index is 641. The van der Waals surface area contributed by atoms with Crippen LogP contribution < -0.4 is 15.8 Å². The molecular formula is C16H19N3O2. The molecule has 2 rings (SSSR count). The van der Waals surface area contributed by atoms with Crippen LogP contribution in [0.2, 0.25) is 0 Å². The average Bonchev–Trinajstić information content (AvgIpc) is 2.48. The van der Waals surface area contributed by atoms with Crippen LogP contribution in [0.1, 0.15) is 28.4 Å². The zero-order valence-electron chi connectivity index (χ0n) is 12.2. The first kappa shape index (κ1) is 14.8. The molecule has 110 valence electrons. The number of pyridine rings is 1. The third kappa shape index (κ3) is 3.72. The molecule has 2 aromatic rings. The lowest BCUT2D eigenvalue weighted by atomic mass is 10.1. The summed E-state index contributed by atoms with van der Waals surface area (Å²) < 4.78 is 5.35. The predicted octanol–water partition coefficient (Wildman–Crippen LogP) is 2.30. The molecule has 0 aliphatic heterocycles. The summed E-state index contributed by atoms with van der Waals surface area (Å²) in [4.78, 5) is 16.2. The van der Waals surface area contributed by atoms with Crippen molar-refractivity contribution < 1.29 is 9.53 Å². The Morgan fingerprint density at radius 2 is 2.19 bits per heavy atom. The lowest BCUT2D eigenvalue weighted by Gasteiger charge is -2.10. The van der Waals surface area contributed by atoms with Gasteiger partial charge in [0.2, 0.25) is 0 Å². The van der Waals surface area contributed by atoms with Crippen molar-refractivity contribution in [1.29, 1.82) is 0 Å². The van der Waals surface area contributed by atoms with Crippen molar-refractivity contribution in [1.82, 2.24) is 10.3 Å². The average molecular weight is 285 g/mol. The Morgan fingerprint density at radius 3 is 2.86 bits per heavy atom. The van der Waals surface area contributed by atoms with E-state index in [-0.39, 0.29) is 5.91 Å². The fraction of sp³-hybridized carbons (Fsp3) is 0.250. The van der Waals surface area contributed by atoms with Gasteiger partial charge in [0.1, 0.15) is 5.75 Å². The van der Waals surface area contributed by atoms with Crippen molar-refractivity contribution >= 4 is 11.6 Å². The largest absolute Gasteiger partial charge is 0.492 e. The molecule has 3 N–H and O–H groups in total. The van der Waals surface area contributed by atoms with E-state index in [4.69, 9.17) is 10.5 Å². The number of anilines is 1. The first-order valence-electron chi connectivity index (χ1n) is 6.81. The number of nitrogens with zero attached hydrogens (tertiary/aromatic N) is 1. The number of carbonyl (C=O) groups excluding carboxylic acids is 1. The highest BCUT2D eigenvalue weighted by Gasteiger charge is 2.09. The molecule has 0 radical (unpaired) electrons. The smallest absolute Gasteiger partial charge is 0.251 e. The molecule has 0 spiro atoms. The highest BCUT2D eigenvalue weighted by Crippen LogP contribution is 2.22. The van der Waals surface area contributed by atoms with Gasteiger partial charge in [0.05, 0.1) is 12.3 Å². The number of nitrogens with two attached hydrogens (primary N) is 1. The third-order valence-electron chi connectivity index (χ3n) is 3.15. The van der Waals surface area contributed by atoms with E-state index < -0.39 is 0 Å². The summed E-state index contributed by atoms with van der Waals surface area (Å²) in [6, 6.07) is 6.93. The van der Waals surface area contributed by atoms with Gasteiger partial charge in [0.15, 0.2) is 0 Å². The van der Waals surface area contributed by atoms with Crippen LogP contribution >= 0.6 is 0 Å². The molecule has 0 bridgehead atoms. The summed E-state index contributed by atoms with van der Waals surface area (Å²) in [5.74, 6) is 0.431. The van der Waals surface area contributed by atoms with Gasteiger partial charge in [0.25, 0.3) is 5.91 Å². The minimum absolute atomic E-state index is 0.166. The predicted molar refractivity (Wildman–Crippen MR) is 82.2 cm³/mol. The number of aryl methyl sites for hydroxylation is 1. The van der Waals surface area contributed by atoms with Crippen LogP contribution in [0.5, 0.6) is 5.75 Å². The van der Waals surface area contributed by atoms with Gasteiger partial charge in [-0.3, -0.25) is 9.78 Å². The summed E-state index contributed by atoms with van der Waals surface area (Å²) in [7, 11) is 0. The number of hydrogen-bond donors (Lipinski definition) is 2. The maximum absolute atomic E-state index is 12.1. The van der Waals surface area contributed by atoms with Crippen LogP contribution in [0.3, 0.4) is 0 Å². The van der Waals surface area contributed by atoms with E-state index in [1.807, 2.05) is 19.9 Å². The number of rotatable bonds is 5. The van der Waals surface area contributed by atoms with Gasteiger partial charge >= 0.3 is 0 Å². The number of aromatic nitrogens is 1. The van der Waals surface area contributed by atoms with E-state index in [9.17, 15) is 4.79 Å². The Balaban J connectivity index is 2.04. The molecule has 0 unspecified atom stereocenters.